The summed E-state index contributed by atoms with van der Waals surface area (Å²) in [5.74, 6) is 0. The average Bonchev–Trinajstić information content (AvgIpc) is 2.31. The van der Waals surface area contributed by atoms with Crippen LogP contribution in [0.3, 0.4) is 0 Å². The zero-order valence-corrected chi connectivity index (χ0v) is 8.09. The summed E-state index contributed by atoms with van der Waals surface area (Å²) < 4.78 is 0. The second kappa shape index (κ2) is 4.41. The van der Waals surface area contributed by atoms with Gasteiger partial charge in [-0.1, -0.05) is 6.07 Å². The minimum atomic E-state index is 0.455. The summed E-state index contributed by atoms with van der Waals surface area (Å²) in [7, 11) is 0. The highest BCUT2D eigenvalue weighted by Crippen LogP contribution is 2.01. The van der Waals surface area contributed by atoms with Crippen LogP contribution in [0.4, 0.5) is 0 Å². The third-order valence-electron chi connectivity index (χ3n) is 1.95. The third-order valence-corrected chi connectivity index (χ3v) is 1.95. The fourth-order valence-corrected chi connectivity index (χ4v) is 1.23. The van der Waals surface area contributed by atoms with E-state index in [0.717, 1.165) is 5.69 Å². The Morgan fingerprint density at radius 3 is 2.73 bits per heavy atom. The maximum Gasteiger partial charge on any atom is 0.0841 e. The maximum atomic E-state index is 7.84. The van der Waals surface area contributed by atoms with Gasteiger partial charge in [-0.15, -0.1) is 0 Å². The van der Waals surface area contributed by atoms with Crippen molar-refractivity contribution in [2.75, 3.05) is 0 Å². The number of hydrogen-bond acceptors (Lipinski definition) is 4. The Morgan fingerprint density at radius 1 is 1.13 bits per heavy atom. The Morgan fingerprint density at radius 2 is 2.07 bits per heavy atom. The van der Waals surface area contributed by atoms with Gasteiger partial charge in [0.2, 0.25) is 0 Å². The zero-order valence-electron chi connectivity index (χ0n) is 8.09. The fourth-order valence-electron chi connectivity index (χ4n) is 1.23. The first kappa shape index (κ1) is 9.45. The van der Waals surface area contributed by atoms with Crippen molar-refractivity contribution in [2.45, 2.75) is 6.42 Å². The Balaban J connectivity index is 2.12. The van der Waals surface area contributed by atoms with Crippen LogP contribution in [0, 0.1) is 5.41 Å². The highest BCUT2D eigenvalue weighted by atomic mass is 14.8. The lowest BCUT2D eigenvalue weighted by molar-refractivity contribution is 1.06. The first-order chi connectivity index (χ1) is 7.36. The van der Waals surface area contributed by atoms with Crippen molar-refractivity contribution in [1.82, 2.24) is 15.0 Å². The van der Waals surface area contributed by atoms with Gasteiger partial charge in [0.15, 0.2) is 0 Å². The second-order valence-electron chi connectivity index (χ2n) is 3.07. The molecular formula is C11H10N4. The first-order valence-electron chi connectivity index (χ1n) is 4.60. The molecule has 0 aliphatic rings. The van der Waals surface area contributed by atoms with Gasteiger partial charge in [-0.2, -0.15) is 0 Å². The van der Waals surface area contributed by atoms with E-state index in [1.807, 2.05) is 18.2 Å². The SMILES string of the molecule is N=C(Cc1cnccn1)c1ccccn1. The average molecular weight is 198 g/mol. The number of aromatic nitrogens is 3. The van der Waals surface area contributed by atoms with Crippen LogP contribution in [0.25, 0.3) is 0 Å². The van der Waals surface area contributed by atoms with E-state index < -0.39 is 0 Å². The van der Waals surface area contributed by atoms with Crippen LogP contribution in [-0.4, -0.2) is 20.7 Å². The molecule has 4 heteroatoms. The van der Waals surface area contributed by atoms with E-state index in [2.05, 4.69) is 15.0 Å². The van der Waals surface area contributed by atoms with Gasteiger partial charge in [-0.05, 0) is 12.1 Å². The molecule has 0 amide bonds. The van der Waals surface area contributed by atoms with E-state index >= 15 is 0 Å². The summed E-state index contributed by atoms with van der Waals surface area (Å²) in [5.41, 5.74) is 1.92. The van der Waals surface area contributed by atoms with Gasteiger partial charge < -0.3 is 5.41 Å². The van der Waals surface area contributed by atoms with E-state index in [4.69, 9.17) is 5.41 Å². The molecule has 0 aromatic carbocycles. The van der Waals surface area contributed by atoms with E-state index in [1.54, 1.807) is 24.8 Å². The molecule has 0 bridgehead atoms. The van der Waals surface area contributed by atoms with Crippen LogP contribution in [-0.2, 0) is 6.42 Å². The van der Waals surface area contributed by atoms with Gasteiger partial charge >= 0.3 is 0 Å². The van der Waals surface area contributed by atoms with E-state index in [-0.39, 0.29) is 0 Å². The van der Waals surface area contributed by atoms with Crippen molar-refractivity contribution in [3.8, 4) is 0 Å². The van der Waals surface area contributed by atoms with E-state index in [9.17, 15) is 0 Å². The second-order valence-corrected chi connectivity index (χ2v) is 3.07. The van der Waals surface area contributed by atoms with Crippen LogP contribution in [0.15, 0.2) is 43.0 Å². The molecule has 2 heterocycles. The van der Waals surface area contributed by atoms with Crippen LogP contribution in [0.2, 0.25) is 0 Å². The minimum Gasteiger partial charge on any atom is -0.303 e. The molecule has 2 aromatic rings. The molecule has 74 valence electrons. The molecule has 2 aromatic heterocycles. The molecule has 1 N–H and O–H groups in total. The van der Waals surface area contributed by atoms with Gasteiger partial charge in [0.05, 0.1) is 17.1 Å². The summed E-state index contributed by atoms with van der Waals surface area (Å²) >= 11 is 0. The van der Waals surface area contributed by atoms with Crippen molar-refractivity contribution < 1.29 is 0 Å². The molecule has 0 fully saturated rings. The Hall–Kier alpha value is -2.10. The van der Waals surface area contributed by atoms with Crippen LogP contribution in [0.1, 0.15) is 11.4 Å². The number of nitrogens with one attached hydrogen (secondary N) is 1. The molecule has 0 saturated carbocycles. The van der Waals surface area contributed by atoms with Gasteiger partial charge in [-0.3, -0.25) is 15.0 Å². The van der Waals surface area contributed by atoms with Crippen molar-refractivity contribution in [1.29, 1.82) is 5.41 Å². The normalized spacial score (nSPS) is 9.87. The van der Waals surface area contributed by atoms with Crippen molar-refractivity contribution in [3.63, 3.8) is 0 Å². The predicted octanol–water partition coefficient (Wildman–Crippen LogP) is 1.48. The lowest BCUT2D eigenvalue weighted by Gasteiger charge is -2.01. The molecular weight excluding hydrogens is 188 g/mol. The molecule has 4 nitrogen and oxygen atoms in total. The van der Waals surface area contributed by atoms with Crippen LogP contribution in [0.5, 0.6) is 0 Å². The van der Waals surface area contributed by atoms with Crippen molar-refractivity contribution in [3.05, 3.63) is 54.4 Å². The largest absolute Gasteiger partial charge is 0.303 e. The number of rotatable bonds is 3. The monoisotopic (exact) mass is 198 g/mol. The van der Waals surface area contributed by atoms with E-state index in [1.165, 1.54) is 0 Å². The Bertz CT molecular complexity index is 439. The Kier molecular flexibility index (Phi) is 2.78. The predicted molar refractivity (Wildman–Crippen MR) is 56.8 cm³/mol. The molecule has 0 atom stereocenters. The van der Waals surface area contributed by atoms with Crippen LogP contribution >= 0.6 is 0 Å². The summed E-state index contributed by atoms with van der Waals surface area (Å²) in [6.45, 7) is 0. The molecule has 2 rings (SSSR count). The highest BCUT2D eigenvalue weighted by Gasteiger charge is 2.04. The smallest absolute Gasteiger partial charge is 0.0841 e. The number of hydrogen-bond donors (Lipinski definition) is 1. The summed E-state index contributed by atoms with van der Waals surface area (Å²) in [4.78, 5) is 12.2. The number of pyridine rings is 1. The Labute approximate surface area is 87.6 Å². The number of nitrogens with zero attached hydrogens (tertiary/aromatic N) is 3. The maximum absolute atomic E-state index is 7.84. The lowest BCUT2D eigenvalue weighted by atomic mass is 10.1. The van der Waals surface area contributed by atoms with Gasteiger partial charge in [0, 0.05) is 31.2 Å². The third kappa shape index (κ3) is 2.43. The van der Waals surface area contributed by atoms with Gasteiger partial charge in [0.25, 0.3) is 0 Å². The lowest BCUT2D eigenvalue weighted by Crippen LogP contribution is -2.06. The molecule has 0 saturated heterocycles. The quantitative estimate of drug-likeness (QED) is 0.760. The molecule has 15 heavy (non-hydrogen) atoms. The molecule has 0 unspecified atom stereocenters. The van der Waals surface area contributed by atoms with E-state index in [0.29, 0.717) is 17.8 Å². The molecule has 0 spiro atoms. The summed E-state index contributed by atoms with van der Waals surface area (Å²) in [6.07, 6.45) is 7.05. The van der Waals surface area contributed by atoms with Gasteiger partial charge in [-0.25, -0.2) is 0 Å². The van der Waals surface area contributed by atoms with Crippen molar-refractivity contribution in [2.24, 2.45) is 0 Å². The fraction of sp³-hybridized carbons (Fsp3) is 0.0909. The molecule has 0 aliphatic heterocycles. The minimum absolute atomic E-state index is 0.455. The topological polar surface area (TPSA) is 62.5 Å². The summed E-state index contributed by atoms with van der Waals surface area (Å²) in [5, 5.41) is 7.84. The van der Waals surface area contributed by atoms with Gasteiger partial charge in [0.1, 0.15) is 0 Å². The first-order valence-corrected chi connectivity index (χ1v) is 4.60. The highest BCUT2D eigenvalue weighted by molar-refractivity contribution is 5.97. The van der Waals surface area contributed by atoms with Crippen molar-refractivity contribution >= 4 is 5.71 Å². The standard InChI is InChI=1S/C11H10N4/c12-10(11-3-1-2-4-15-11)7-9-8-13-5-6-14-9/h1-6,8,12H,7H2. The molecule has 0 aliphatic carbocycles. The van der Waals surface area contributed by atoms with Crippen LogP contribution < -0.4 is 0 Å². The zero-order chi connectivity index (χ0) is 10.5. The summed E-state index contributed by atoms with van der Waals surface area (Å²) in [6, 6.07) is 5.52. The molecule has 0 radical (unpaired) electrons.